The summed E-state index contributed by atoms with van der Waals surface area (Å²) >= 11 is 0. The van der Waals surface area contributed by atoms with Gasteiger partial charge in [0.1, 0.15) is 11.5 Å². The number of carbonyl (C=O) groups excluding carboxylic acids is 2. The van der Waals surface area contributed by atoms with Crippen molar-refractivity contribution in [1.29, 1.82) is 0 Å². The van der Waals surface area contributed by atoms with Gasteiger partial charge in [-0.2, -0.15) is 0 Å². The zero-order chi connectivity index (χ0) is 17.6. The molecule has 0 saturated carbocycles. The smallest absolute Gasteiger partial charge is 0.355 e. The molecule has 0 spiro atoms. The van der Waals surface area contributed by atoms with Gasteiger partial charge in [-0.15, -0.1) is 0 Å². The Hall–Kier alpha value is -3.15. The molecule has 0 aliphatic carbocycles. The molecule has 2 aromatic carbocycles. The minimum absolute atomic E-state index is 0.268. The number of para-hydroxylation sites is 1. The summed E-state index contributed by atoms with van der Waals surface area (Å²) in [6.45, 7) is -0.116. The van der Waals surface area contributed by atoms with Crippen LogP contribution in [-0.4, -0.2) is 30.0 Å². The molecule has 0 radical (unpaired) electrons. The first-order valence-electron chi connectivity index (χ1n) is 7.88. The Bertz CT molecular complexity index is 871. The number of aromatic amines is 1. The van der Waals surface area contributed by atoms with Crippen molar-refractivity contribution in [3.05, 3.63) is 71.7 Å². The largest absolute Gasteiger partial charge is 0.451 e. The van der Waals surface area contributed by atoms with Crippen LogP contribution in [0.5, 0.6) is 0 Å². The fourth-order valence-corrected chi connectivity index (χ4v) is 2.48. The van der Waals surface area contributed by atoms with Crippen molar-refractivity contribution >= 4 is 22.8 Å². The quantitative estimate of drug-likeness (QED) is 0.678. The SMILES string of the molecule is O=C(COC(=O)c1cc2ccccc2[nH]1)NCCc1ccccc1F. The zero-order valence-electron chi connectivity index (χ0n) is 13.4. The third-order valence-corrected chi connectivity index (χ3v) is 3.76. The summed E-state index contributed by atoms with van der Waals surface area (Å²) in [5.41, 5.74) is 1.64. The van der Waals surface area contributed by atoms with Crippen LogP contribution in [0.15, 0.2) is 54.6 Å². The summed E-state index contributed by atoms with van der Waals surface area (Å²) in [4.78, 5) is 26.7. The van der Waals surface area contributed by atoms with E-state index >= 15 is 0 Å². The minimum Gasteiger partial charge on any atom is -0.451 e. The van der Waals surface area contributed by atoms with Crippen LogP contribution in [0.1, 0.15) is 16.1 Å². The van der Waals surface area contributed by atoms with E-state index in [1.807, 2.05) is 24.3 Å². The average molecular weight is 340 g/mol. The molecule has 3 aromatic rings. The number of ether oxygens (including phenoxy) is 1. The molecule has 0 atom stereocenters. The van der Waals surface area contributed by atoms with E-state index in [2.05, 4.69) is 10.3 Å². The van der Waals surface area contributed by atoms with Gasteiger partial charge in [0, 0.05) is 17.4 Å². The Morgan fingerprint density at radius 2 is 1.84 bits per heavy atom. The van der Waals surface area contributed by atoms with Gasteiger partial charge in [-0.3, -0.25) is 4.79 Å². The molecular weight excluding hydrogens is 323 g/mol. The zero-order valence-corrected chi connectivity index (χ0v) is 13.4. The van der Waals surface area contributed by atoms with Crippen LogP contribution in [0.3, 0.4) is 0 Å². The number of hydrogen-bond acceptors (Lipinski definition) is 3. The first-order chi connectivity index (χ1) is 12.1. The maximum Gasteiger partial charge on any atom is 0.355 e. The highest BCUT2D eigenvalue weighted by Gasteiger charge is 2.12. The number of aromatic nitrogens is 1. The second-order valence-corrected chi connectivity index (χ2v) is 5.54. The number of fused-ring (bicyclic) bond motifs is 1. The molecule has 0 saturated heterocycles. The third kappa shape index (κ3) is 4.23. The molecule has 0 aliphatic rings. The van der Waals surface area contributed by atoms with Crippen molar-refractivity contribution in [2.45, 2.75) is 6.42 Å². The molecule has 128 valence electrons. The molecule has 2 N–H and O–H groups in total. The number of esters is 1. The normalized spacial score (nSPS) is 10.6. The van der Waals surface area contributed by atoms with Crippen molar-refractivity contribution in [2.24, 2.45) is 0 Å². The standard InChI is InChI=1S/C19H17FN2O3/c20-15-7-3-1-5-13(15)9-10-21-18(23)12-25-19(24)17-11-14-6-2-4-8-16(14)22-17/h1-8,11,22H,9-10,12H2,(H,21,23). The van der Waals surface area contributed by atoms with Crippen LogP contribution >= 0.6 is 0 Å². The Morgan fingerprint density at radius 1 is 1.08 bits per heavy atom. The molecule has 6 heteroatoms. The van der Waals surface area contributed by atoms with E-state index in [-0.39, 0.29) is 19.0 Å². The van der Waals surface area contributed by atoms with Gasteiger partial charge in [0.2, 0.25) is 0 Å². The van der Waals surface area contributed by atoms with Gasteiger partial charge < -0.3 is 15.0 Å². The van der Waals surface area contributed by atoms with Crippen molar-refractivity contribution in [1.82, 2.24) is 10.3 Å². The second kappa shape index (κ2) is 7.61. The molecule has 0 bridgehead atoms. The van der Waals surface area contributed by atoms with Crippen molar-refractivity contribution in [2.75, 3.05) is 13.2 Å². The first kappa shape index (κ1) is 16.7. The fourth-order valence-electron chi connectivity index (χ4n) is 2.48. The Kier molecular flexibility index (Phi) is 5.09. The molecule has 0 fully saturated rings. The number of carbonyl (C=O) groups is 2. The summed E-state index contributed by atoms with van der Waals surface area (Å²) in [5, 5.41) is 3.49. The van der Waals surface area contributed by atoms with E-state index in [4.69, 9.17) is 4.74 Å². The van der Waals surface area contributed by atoms with Gasteiger partial charge in [-0.05, 0) is 30.2 Å². The number of amides is 1. The van der Waals surface area contributed by atoms with Crippen molar-refractivity contribution in [3.63, 3.8) is 0 Å². The van der Waals surface area contributed by atoms with Crippen LogP contribution in [-0.2, 0) is 16.0 Å². The van der Waals surface area contributed by atoms with Gasteiger partial charge in [0.15, 0.2) is 6.61 Å². The lowest BCUT2D eigenvalue weighted by atomic mass is 10.1. The average Bonchev–Trinajstić information content (AvgIpc) is 3.05. The van der Waals surface area contributed by atoms with Crippen LogP contribution < -0.4 is 5.32 Å². The number of halogens is 1. The van der Waals surface area contributed by atoms with E-state index in [1.54, 1.807) is 24.3 Å². The Labute approximate surface area is 143 Å². The molecule has 1 heterocycles. The predicted octanol–water partition coefficient (Wildman–Crippen LogP) is 2.82. The summed E-state index contributed by atoms with van der Waals surface area (Å²) in [6, 6.07) is 15.5. The van der Waals surface area contributed by atoms with E-state index in [0.29, 0.717) is 17.7 Å². The van der Waals surface area contributed by atoms with E-state index in [0.717, 1.165) is 10.9 Å². The van der Waals surface area contributed by atoms with Gasteiger partial charge in [-0.1, -0.05) is 36.4 Å². The molecule has 25 heavy (non-hydrogen) atoms. The highest BCUT2D eigenvalue weighted by atomic mass is 19.1. The number of benzene rings is 2. The summed E-state index contributed by atoms with van der Waals surface area (Å²) in [6.07, 6.45) is 0.369. The molecule has 0 aliphatic heterocycles. The highest BCUT2D eigenvalue weighted by molar-refractivity contribution is 5.95. The molecular formula is C19H17FN2O3. The van der Waals surface area contributed by atoms with Crippen LogP contribution in [0.2, 0.25) is 0 Å². The molecule has 1 aromatic heterocycles. The molecule has 3 rings (SSSR count). The highest BCUT2D eigenvalue weighted by Crippen LogP contribution is 2.15. The van der Waals surface area contributed by atoms with Crippen molar-refractivity contribution < 1.29 is 18.7 Å². The molecule has 1 amide bonds. The van der Waals surface area contributed by atoms with Gasteiger partial charge in [-0.25, -0.2) is 9.18 Å². The maximum absolute atomic E-state index is 13.5. The molecule has 0 unspecified atom stereocenters. The monoisotopic (exact) mass is 340 g/mol. The Balaban J connectivity index is 1.45. The summed E-state index contributed by atoms with van der Waals surface area (Å²) < 4.78 is 18.4. The van der Waals surface area contributed by atoms with E-state index < -0.39 is 11.9 Å². The molecule has 5 nitrogen and oxygen atoms in total. The maximum atomic E-state index is 13.5. The summed E-state index contributed by atoms with van der Waals surface area (Å²) in [7, 11) is 0. The van der Waals surface area contributed by atoms with E-state index in [1.165, 1.54) is 6.07 Å². The third-order valence-electron chi connectivity index (χ3n) is 3.76. The van der Waals surface area contributed by atoms with Crippen LogP contribution in [0.25, 0.3) is 10.9 Å². The van der Waals surface area contributed by atoms with E-state index in [9.17, 15) is 14.0 Å². The van der Waals surface area contributed by atoms with Crippen LogP contribution in [0.4, 0.5) is 4.39 Å². The lowest BCUT2D eigenvalue weighted by Crippen LogP contribution is -2.30. The lowest BCUT2D eigenvalue weighted by Gasteiger charge is -2.06. The minimum atomic E-state index is -0.597. The first-order valence-corrected chi connectivity index (χ1v) is 7.88. The second-order valence-electron chi connectivity index (χ2n) is 5.54. The van der Waals surface area contributed by atoms with Crippen molar-refractivity contribution in [3.8, 4) is 0 Å². The van der Waals surface area contributed by atoms with Gasteiger partial charge in [0.05, 0.1) is 0 Å². The number of nitrogens with one attached hydrogen (secondary N) is 2. The van der Waals surface area contributed by atoms with Gasteiger partial charge >= 0.3 is 5.97 Å². The predicted molar refractivity (Wildman–Crippen MR) is 91.7 cm³/mol. The Morgan fingerprint density at radius 3 is 2.64 bits per heavy atom. The number of rotatable bonds is 6. The fraction of sp³-hybridized carbons (Fsp3) is 0.158. The lowest BCUT2D eigenvalue weighted by molar-refractivity contribution is -0.124. The summed E-state index contributed by atoms with van der Waals surface area (Å²) in [5.74, 6) is -1.33. The van der Waals surface area contributed by atoms with Gasteiger partial charge in [0.25, 0.3) is 5.91 Å². The van der Waals surface area contributed by atoms with Crippen LogP contribution in [0, 0.1) is 5.82 Å². The number of H-pyrrole nitrogens is 1. The topological polar surface area (TPSA) is 71.2 Å². The number of hydrogen-bond donors (Lipinski definition) is 2.